The van der Waals surface area contributed by atoms with Crippen molar-refractivity contribution in [3.05, 3.63) is 97.2 Å². The zero-order valence-electron chi connectivity index (χ0n) is 34.3. The minimum atomic E-state index is -5.14. The summed E-state index contributed by atoms with van der Waals surface area (Å²) in [5.41, 5.74) is 0. The highest BCUT2D eigenvalue weighted by Gasteiger charge is 2.51. The first-order valence-electron chi connectivity index (χ1n) is 20.6. The lowest BCUT2D eigenvalue weighted by molar-refractivity contribution is -0.220. The van der Waals surface area contributed by atoms with Crippen molar-refractivity contribution in [3.8, 4) is 0 Å². The molecule has 58 heavy (non-hydrogen) atoms. The van der Waals surface area contributed by atoms with E-state index in [1.807, 2.05) is 42.5 Å². The Morgan fingerprint density at radius 3 is 1.64 bits per heavy atom. The minimum Gasteiger partial charge on any atom is -0.462 e. The summed E-state index contributed by atoms with van der Waals surface area (Å²) in [6.45, 7) is 2.93. The number of phosphoric ester groups is 1. The maximum atomic E-state index is 12.8. The zero-order chi connectivity index (χ0) is 42.9. The molecule has 0 amide bonds. The van der Waals surface area contributed by atoms with Crippen molar-refractivity contribution >= 4 is 19.8 Å². The van der Waals surface area contributed by atoms with E-state index in [2.05, 4.69) is 68.5 Å². The molecule has 1 aliphatic carbocycles. The van der Waals surface area contributed by atoms with Gasteiger partial charge >= 0.3 is 19.8 Å². The summed E-state index contributed by atoms with van der Waals surface area (Å²) in [6, 6.07) is 0. The first-order chi connectivity index (χ1) is 27.9. The Morgan fingerprint density at radius 1 is 0.552 bits per heavy atom. The molecule has 1 saturated carbocycles. The van der Waals surface area contributed by atoms with Crippen molar-refractivity contribution in [3.63, 3.8) is 0 Å². The van der Waals surface area contributed by atoms with Gasteiger partial charge in [-0.05, 0) is 64.2 Å². The molecule has 0 aliphatic heterocycles. The van der Waals surface area contributed by atoms with Gasteiger partial charge in [0, 0.05) is 12.8 Å². The molecule has 1 fully saturated rings. The first-order valence-corrected chi connectivity index (χ1v) is 22.1. The average molecular weight is 837 g/mol. The van der Waals surface area contributed by atoms with Gasteiger partial charge in [-0.1, -0.05) is 130 Å². The third-order valence-electron chi connectivity index (χ3n) is 8.75. The zero-order valence-corrected chi connectivity index (χ0v) is 35.2. The van der Waals surface area contributed by atoms with Crippen LogP contribution in [0.25, 0.3) is 0 Å². The van der Waals surface area contributed by atoms with E-state index >= 15 is 0 Å². The van der Waals surface area contributed by atoms with Gasteiger partial charge in [-0.2, -0.15) is 0 Å². The highest BCUT2D eigenvalue weighted by Crippen LogP contribution is 2.47. The van der Waals surface area contributed by atoms with Gasteiger partial charge in [0.05, 0.1) is 6.61 Å². The molecular weight excluding hydrogens is 767 g/mol. The maximum Gasteiger partial charge on any atom is 0.472 e. The van der Waals surface area contributed by atoms with Gasteiger partial charge in [0.15, 0.2) is 6.10 Å². The second kappa shape index (κ2) is 33.6. The molecule has 0 spiro atoms. The van der Waals surface area contributed by atoms with Crippen LogP contribution in [0.4, 0.5) is 0 Å². The van der Waals surface area contributed by atoms with Crippen molar-refractivity contribution in [1.82, 2.24) is 0 Å². The van der Waals surface area contributed by atoms with E-state index in [-0.39, 0.29) is 12.8 Å². The molecule has 0 heterocycles. The summed E-state index contributed by atoms with van der Waals surface area (Å²) in [6.07, 6.45) is 30.6. The first kappa shape index (κ1) is 52.8. The molecule has 7 unspecified atom stereocenters. The van der Waals surface area contributed by atoms with Gasteiger partial charge in [0.1, 0.15) is 43.2 Å². The fourth-order valence-electron chi connectivity index (χ4n) is 5.45. The highest BCUT2D eigenvalue weighted by atomic mass is 31.2. The number of carbonyl (C=O) groups is 2. The van der Waals surface area contributed by atoms with Gasteiger partial charge in [-0.25, -0.2) is 4.57 Å². The number of rotatable bonds is 31. The van der Waals surface area contributed by atoms with E-state index in [9.17, 15) is 44.6 Å². The van der Waals surface area contributed by atoms with Gasteiger partial charge in [0.25, 0.3) is 0 Å². The van der Waals surface area contributed by atoms with E-state index in [1.165, 1.54) is 0 Å². The van der Waals surface area contributed by atoms with Crippen LogP contribution >= 0.6 is 7.82 Å². The van der Waals surface area contributed by atoms with Crippen LogP contribution in [0, 0.1) is 0 Å². The Balaban J connectivity index is 2.59. The van der Waals surface area contributed by atoms with Crippen LogP contribution in [0.3, 0.4) is 0 Å². The molecule has 6 N–H and O–H groups in total. The van der Waals surface area contributed by atoms with Crippen molar-refractivity contribution in [2.24, 2.45) is 0 Å². The van der Waals surface area contributed by atoms with Crippen molar-refractivity contribution in [2.75, 3.05) is 13.2 Å². The number of aliphatic hydroxyl groups excluding tert-OH is 5. The standard InChI is InChI=1S/C44H69O13P/c1-3-5-7-9-11-13-15-17-18-19-21-22-24-26-28-30-32-37(45)54-34-36(35-55-58(52,53)57-44-42(50)40(48)39(47)41(49)43(44)51)56-38(46)33-31-29-27-25-23-20-16-14-12-10-8-6-4-2/h5-8,10-14,16-18,21-22,26,28,36,39-44,47-51H,3-4,9,15,19-20,23-25,27,29-35H2,1-2H3,(H,52,53)/b7-5+,8-6+,12-10+,13-11+,16-14+,18-17+,22-21+,28-26+/t36?,39?,40-,41?,42?,43?,44?/m0/s1. The third-order valence-corrected chi connectivity index (χ3v) is 9.73. The summed E-state index contributed by atoms with van der Waals surface area (Å²) in [7, 11) is -5.14. The molecular formula is C44H69O13P. The average Bonchev–Trinajstić information content (AvgIpc) is 3.20. The van der Waals surface area contributed by atoms with E-state index in [0.29, 0.717) is 19.3 Å². The topological polar surface area (TPSA) is 210 Å². The summed E-state index contributed by atoms with van der Waals surface area (Å²) in [5, 5.41) is 50.0. The van der Waals surface area contributed by atoms with E-state index in [4.69, 9.17) is 18.5 Å². The largest absolute Gasteiger partial charge is 0.472 e. The van der Waals surface area contributed by atoms with Gasteiger partial charge in [-0.3, -0.25) is 18.6 Å². The van der Waals surface area contributed by atoms with Crippen LogP contribution in [-0.2, 0) is 32.7 Å². The minimum absolute atomic E-state index is 0.0323. The quantitative estimate of drug-likeness (QED) is 0.0136. The smallest absolute Gasteiger partial charge is 0.462 e. The fourth-order valence-corrected chi connectivity index (χ4v) is 6.42. The molecule has 0 aromatic rings. The number of phosphoric acid groups is 1. The van der Waals surface area contributed by atoms with E-state index in [0.717, 1.165) is 64.2 Å². The number of ether oxygens (including phenoxy) is 2. The lowest BCUT2D eigenvalue weighted by Crippen LogP contribution is -2.64. The Labute approximate surface area is 345 Å². The molecule has 0 radical (unpaired) electrons. The number of allylic oxidation sites excluding steroid dienone is 16. The monoisotopic (exact) mass is 836 g/mol. The van der Waals surface area contributed by atoms with Crippen LogP contribution in [-0.4, -0.2) is 98.3 Å². The predicted octanol–water partition coefficient (Wildman–Crippen LogP) is 7.10. The Kier molecular flexibility index (Phi) is 30.6. The summed E-state index contributed by atoms with van der Waals surface area (Å²) in [4.78, 5) is 35.5. The van der Waals surface area contributed by atoms with Crippen LogP contribution in [0.1, 0.15) is 110 Å². The van der Waals surface area contributed by atoms with Gasteiger partial charge in [-0.15, -0.1) is 0 Å². The fraction of sp³-hybridized carbons (Fsp3) is 0.591. The van der Waals surface area contributed by atoms with Crippen LogP contribution in [0.15, 0.2) is 97.2 Å². The SMILES string of the molecule is CC/C=C/C=C/C=C/CCCCCCCC(=O)OC(COC(=O)CC/C=C/C/C=C/C/C=C/C/C=C/C/C=C/CC)COP(=O)(O)OC1C(O)C(O)C(O)[C@H](O)C1O. The van der Waals surface area contributed by atoms with Gasteiger partial charge in [0.2, 0.25) is 0 Å². The second-order valence-electron chi connectivity index (χ2n) is 13.8. The number of hydrogen-bond donors (Lipinski definition) is 6. The maximum absolute atomic E-state index is 12.8. The number of aliphatic hydroxyl groups is 5. The Morgan fingerprint density at radius 2 is 1.05 bits per heavy atom. The summed E-state index contributed by atoms with van der Waals surface area (Å²) in [5.74, 6) is -1.23. The molecule has 1 aliphatic rings. The molecule has 1 rings (SSSR count). The molecule has 0 aromatic heterocycles. The second-order valence-corrected chi connectivity index (χ2v) is 15.2. The molecule has 0 aromatic carbocycles. The molecule has 14 heteroatoms. The molecule has 8 atom stereocenters. The number of esters is 2. The molecule has 0 bridgehead atoms. The lowest BCUT2D eigenvalue weighted by Gasteiger charge is -2.41. The number of hydrogen-bond acceptors (Lipinski definition) is 12. The number of unbranched alkanes of at least 4 members (excludes halogenated alkanes) is 5. The van der Waals surface area contributed by atoms with Crippen molar-refractivity contribution in [2.45, 2.75) is 153 Å². The van der Waals surface area contributed by atoms with Crippen LogP contribution in [0.5, 0.6) is 0 Å². The van der Waals surface area contributed by atoms with Crippen LogP contribution in [0.2, 0.25) is 0 Å². The highest BCUT2D eigenvalue weighted by molar-refractivity contribution is 7.47. The van der Waals surface area contributed by atoms with Crippen LogP contribution < -0.4 is 0 Å². The number of carbonyl (C=O) groups excluding carboxylic acids is 2. The van der Waals surface area contributed by atoms with Gasteiger partial charge < -0.3 is 39.9 Å². The van der Waals surface area contributed by atoms with Crippen molar-refractivity contribution < 1.29 is 63.1 Å². The summed E-state index contributed by atoms with van der Waals surface area (Å²) < 4.78 is 33.3. The summed E-state index contributed by atoms with van der Waals surface area (Å²) >= 11 is 0. The molecule has 0 saturated heterocycles. The Hall–Kier alpha value is -3.23. The van der Waals surface area contributed by atoms with E-state index < -0.39 is 75.7 Å². The molecule has 328 valence electrons. The lowest BCUT2D eigenvalue weighted by atomic mass is 9.85. The normalized spacial score (nSPS) is 23.5. The third kappa shape index (κ3) is 26.0. The predicted molar refractivity (Wildman–Crippen MR) is 225 cm³/mol. The van der Waals surface area contributed by atoms with E-state index in [1.54, 1.807) is 0 Å². The Bertz CT molecular complexity index is 1380. The van der Waals surface area contributed by atoms with Crippen molar-refractivity contribution in [1.29, 1.82) is 0 Å². The molecule has 13 nitrogen and oxygen atoms in total.